The molecular formula is C23H15N3S. The summed E-state index contributed by atoms with van der Waals surface area (Å²) in [6, 6.07) is 24.5. The van der Waals surface area contributed by atoms with Crippen LogP contribution in [-0.2, 0) is 0 Å². The van der Waals surface area contributed by atoms with Gasteiger partial charge in [-0.3, -0.25) is 4.98 Å². The molecule has 0 saturated heterocycles. The Morgan fingerprint density at radius 2 is 1.56 bits per heavy atom. The van der Waals surface area contributed by atoms with Gasteiger partial charge in [0, 0.05) is 23.3 Å². The minimum atomic E-state index is 0.563. The second-order valence-electron chi connectivity index (χ2n) is 5.93. The summed E-state index contributed by atoms with van der Waals surface area (Å²) < 4.78 is 0. The first-order chi connectivity index (χ1) is 13.3. The van der Waals surface area contributed by atoms with Gasteiger partial charge < -0.3 is 0 Å². The van der Waals surface area contributed by atoms with Crippen molar-refractivity contribution in [2.45, 2.75) is 0 Å². The highest BCUT2D eigenvalue weighted by molar-refractivity contribution is 7.11. The van der Waals surface area contributed by atoms with Crippen LogP contribution in [0.1, 0.15) is 10.6 Å². The number of rotatable bonds is 4. The Balaban J connectivity index is 1.61. The van der Waals surface area contributed by atoms with Gasteiger partial charge in [-0.1, -0.05) is 54.6 Å². The Hall–Kier alpha value is -3.55. The highest BCUT2D eigenvalue weighted by atomic mass is 32.1. The summed E-state index contributed by atoms with van der Waals surface area (Å²) in [5.41, 5.74) is 5.73. The van der Waals surface area contributed by atoms with Crippen LogP contribution >= 0.6 is 11.3 Å². The number of allylic oxidation sites excluding steroid dienone is 1. The summed E-state index contributed by atoms with van der Waals surface area (Å²) in [7, 11) is 0. The minimum absolute atomic E-state index is 0.563. The summed E-state index contributed by atoms with van der Waals surface area (Å²) in [6.45, 7) is 0. The molecule has 27 heavy (non-hydrogen) atoms. The Kier molecular flexibility index (Phi) is 4.86. The molecule has 3 nitrogen and oxygen atoms in total. The lowest BCUT2D eigenvalue weighted by atomic mass is 10.0. The number of hydrogen-bond acceptors (Lipinski definition) is 4. The predicted octanol–water partition coefficient (Wildman–Crippen LogP) is 5.94. The van der Waals surface area contributed by atoms with Crippen LogP contribution in [0.5, 0.6) is 0 Å². The molecule has 2 aromatic carbocycles. The summed E-state index contributed by atoms with van der Waals surface area (Å²) in [4.78, 5) is 8.64. The van der Waals surface area contributed by atoms with E-state index in [1.807, 2.05) is 53.9 Å². The molecule has 0 aliphatic rings. The topological polar surface area (TPSA) is 49.6 Å². The fraction of sp³-hybridized carbons (Fsp3) is 0. The van der Waals surface area contributed by atoms with Crippen LogP contribution in [0, 0.1) is 11.3 Å². The van der Waals surface area contributed by atoms with Crippen LogP contribution in [0.15, 0.2) is 84.5 Å². The van der Waals surface area contributed by atoms with E-state index in [9.17, 15) is 5.26 Å². The highest BCUT2D eigenvalue weighted by Crippen LogP contribution is 2.27. The fourth-order valence-electron chi connectivity index (χ4n) is 2.76. The molecule has 0 spiro atoms. The minimum Gasteiger partial charge on any atom is -0.265 e. The van der Waals surface area contributed by atoms with Crippen LogP contribution in [0.4, 0.5) is 0 Å². The third-order valence-corrected chi connectivity index (χ3v) is 5.04. The van der Waals surface area contributed by atoms with Gasteiger partial charge in [0.25, 0.3) is 0 Å². The molecule has 0 N–H and O–H groups in total. The summed E-state index contributed by atoms with van der Waals surface area (Å²) in [6.07, 6.45) is 5.36. The second kappa shape index (κ2) is 7.77. The average molecular weight is 365 g/mol. The molecule has 0 bridgehead atoms. The lowest BCUT2D eigenvalue weighted by molar-refractivity contribution is 1.31. The van der Waals surface area contributed by atoms with E-state index in [-0.39, 0.29) is 0 Å². The van der Waals surface area contributed by atoms with E-state index >= 15 is 0 Å². The third-order valence-electron chi connectivity index (χ3n) is 4.16. The normalized spacial score (nSPS) is 11.1. The maximum Gasteiger partial charge on any atom is 0.134 e. The highest BCUT2D eigenvalue weighted by Gasteiger charge is 2.09. The molecule has 0 aliphatic heterocycles. The van der Waals surface area contributed by atoms with E-state index in [1.54, 1.807) is 12.4 Å². The van der Waals surface area contributed by atoms with Crippen molar-refractivity contribution in [1.82, 2.24) is 9.97 Å². The van der Waals surface area contributed by atoms with Crippen LogP contribution in [-0.4, -0.2) is 9.97 Å². The Labute approximate surface area is 161 Å². The van der Waals surface area contributed by atoms with Gasteiger partial charge in [-0.05, 0) is 34.9 Å². The van der Waals surface area contributed by atoms with Crippen molar-refractivity contribution < 1.29 is 0 Å². The van der Waals surface area contributed by atoms with E-state index in [0.29, 0.717) is 5.57 Å². The number of pyridine rings is 1. The lowest BCUT2D eigenvalue weighted by Gasteiger charge is -2.02. The summed E-state index contributed by atoms with van der Waals surface area (Å²) >= 11 is 1.47. The quantitative estimate of drug-likeness (QED) is 0.421. The second-order valence-corrected chi connectivity index (χ2v) is 6.79. The molecule has 4 heteroatoms. The van der Waals surface area contributed by atoms with Crippen molar-refractivity contribution in [2.75, 3.05) is 0 Å². The zero-order chi connectivity index (χ0) is 18.5. The molecular weight excluding hydrogens is 350 g/mol. The summed E-state index contributed by atoms with van der Waals surface area (Å²) in [5, 5.41) is 12.3. The Bertz CT molecular complexity index is 1110. The Morgan fingerprint density at radius 1 is 0.852 bits per heavy atom. The number of nitriles is 1. The van der Waals surface area contributed by atoms with Gasteiger partial charge in [0.2, 0.25) is 0 Å². The van der Waals surface area contributed by atoms with E-state index < -0.39 is 0 Å². The van der Waals surface area contributed by atoms with Gasteiger partial charge in [0.05, 0.1) is 11.3 Å². The van der Waals surface area contributed by atoms with Gasteiger partial charge in [0.1, 0.15) is 11.1 Å². The van der Waals surface area contributed by atoms with Crippen LogP contribution in [0.2, 0.25) is 0 Å². The van der Waals surface area contributed by atoms with E-state index in [2.05, 4.69) is 40.3 Å². The van der Waals surface area contributed by atoms with Crippen molar-refractivity contribution in [3.63, 3.8) is 0 Å². The number of nitrogens with zero attached hydrogens (tertiary/aromatic N) is 3. The standard InChI is InChI=1S/C23H15N3S/c24-15-21(23-26-22(16-27-23)20-10-12-25-13-11-20)14-17-6-8-19(9-7-17)18-4-2-1-3-5-18/h1-14,16H/b21-14-. The molecule has 0 saturated carbocycles. The van der Waals surface area contributed by atoms with E-state index in [0.717, 1.165) is 27.4 Å². The Morgan fingerprint density at radius 3 is 2.26 bits per heavy atom. The first kappa shape index (κ1) is 16.9. The van der Waals surface area contributed by atoms with Crippen molar-refractivity contribution in [1.29, 1.82) is 5.26 Å². The first-order valence-corrected chi connectivity index (χ1v) is 9.35. The van der Waals surface area contributed by atoms with Crippen LogP contribution in [0.3, 0.4) is 0 Å². The van der Waals surface area contributed by atoms with Gasteiger partial charge in [0.15, 0.2) is 0 Å². The predicted molar refractivity (Wildman–Crippen MR) is 111 cm³/mol. The molecule has 2 heterocycles. The molecule has 4 rings (SSSR count). The van der Waals surface area contributed by atoms with Crippen molar-refractivity contribution >= 4 is 23.0 Å². The third kappa shape index (κ3) is 3.84. The smallest absolute Gasteiger partial charge is 0.134 e. The van der Waals surface area contributed by atoms with E-state index in [1.165, 1.54) is 16.9 Å². The van der Waals surface area contributed by atoms with E-state index in [4.69, 9.17) is 0 Å². The van der Waals surface area contributed by atoms with Crippen molar-refractivity contribution in [2.24, 2.45) is 0 Å². The van der Waals surface area contributed by atoms with Crippen LogP contribution < -0.4 is 0 Å². The molecule has 0 atom stereocenters. The maximum atomic E-state index is 9.59. The van der Waals surface area contributed by atoms with Gasteiger partial charge >= 0.3 is 0 Å². The zero-order valence-electron chi connectivity index (χ0n) is 14.4. The molecule has 0 radical (unpaired) electrons. The monoisotopic (exact) mass is 365 g/mol. The molecule has 0 aliphatic carbocycles. The van der Waals surface area contributed by atoms with Crippen molar-refractivity contribution in [3.8, 4) is 28.5 Å². The molecule has 0 unspecified atom stereocenters. The lowest BCUT2D eigenvalue weighted by Crippen LogP contribution is -1.84. The average Bonchev–Trinajstić information content (AvgIpc) is 3.24. The number of thiazole rings is 1. The van der Waals surface area contributed by atoms with Gasteiger partial charge in [-0.15, -0.1) is 11.3 Å². The number of hydrogen-bond donors (Lipinski definition) is 0. The SMILES string of the molecule is N#C/C(=C/c1ccc(-c2ccccc2)cc1)c1nc(-c2ccncc2)cs1. The molecule has 0 amide bonds. The number of aromatic nitrogens is 2. The molecule has 2 aromatic heterocycles. The summed E-state index contributed by atoms with van der Waals surface area (Å²) in [5.74, 6) is 0. The molecule has 0 fully saturated rings. The molecule has 4 aromatic rings. The van der Waals surface area contributed by atoms with Gasteiger partial charge in [-0.2, -0.15) is 5.26 Å². The van der Waals surface area contributed by atoms with Gasteiger partial charge in [-0.25, -0.2) is 4.98 Å². The fourth-order valence-corrected chi connectivity index (χ4v) is 3.56. The number of benzene rings is 2. The molecule has 128 valence electrons. The first-order valence-electron chi connectivity index (χ1n) is 8.47. The maximum absolute atomic E-state index is 9.59. The van der Waals surface area contributed by atoms with Crippen molar-refractivity contribution in [3.05, 3.63) is 95.1 Å². The zero-order valence-corrected chi connectivity index (χ0v) is 15.2. The van der Waals surface area contributed by atoms with Crippen LogP contribution in [0.25, 0.3) is 34.0 Å². The largest absolute Gasteiger partial charge is 0.265 e.